The Balaban J connectivity index is 1.76. The zero-order valence-electron chi connectivity index (χ0n) is 12.7. The molecule has 1 saturated heterocycles. The maximum absolute atomic E-state index is 10.3. The average Bonchev–Trinajstić information content (AvgIpc) is 3.25. The number of nitrogens with one attached hydrogen (secondary N) is 1. The molecule has 3 rings (SSSR count). The Hall–Kier alpha value is -0.770. The highest BCUT2D eigenvalue weighted by molar-refractivity contribution is 6.30. The predicted molar refractivity (Wildman–Crippen MR) is 88.0 cm³/mol. The zero-order chi connectivity index (χ0) is 14.9. The molecule has 2 N–H and O–H groups in total. The second-order valence-electron chi connectivity index (χ2n) is 6.77. The monoisotopic (exact) mass is 308 g/mol. The van der Waals surface area contributed by atoms with Crippen molar-refractivity contribution in [3.05, 3.63) is 28.8 Å². The maximum Gasteiger partial charge on any atom is 0.0637 e. The molecule has 0 radical (unpaired) electrons. The number of halogens is 1. The third-order valence-corrected chi connectivity index (χ3v) is 4.84. The molecule has 0 aromatic heterocycles. The molecule has 21 heavy (non-hydrogen) atoms. The Morgan fingerprint density at radius 1 is 1.33 bits per heavy atom. The lowest BCUT2D eigenvalue weighted by atomic mass is 9.98. The highest BCUT2D eigenvalue weighted by Crippen LogP contribution is 2.30. The van der Waals surface area contributed by atoms with E-state index in [-0.39, 0.29) is 0 Å². The van der Waals surface area contributed by atoms with Crippen LogP contribution in [0.15, 0.2) is 18.2 Å². The van der Waals surface area contributed by atoms with E-state index in [0.29, 0.717) is 6.04 Å². The highest BCUT2D eigenvalue weighted by atomic mass is 35.5. The van der Waals surface area contributed by atoms with Crippen LogP contribution in [0.3, 0.4) is 0 Å². The Morgan fingerprint density at radius 3 is 2.90 bits per heavy atom. The van der Waals surface area contributed by atoms with Crippen molar-refractivity contribution in [1.82, 2.24) is 5.32 Å². The number of nitrogens with zero attached hydrogens (tertiary/aromatic N) is 1. The Morgan fingerprint density at radius 2 is 2.14 bits per heavy atom. The van der Waals surface area contributed by atoms with Crippen molar-refractivity contribution in [3.8, 4) is 0 Å². The second kappa shape index (κ2) is 6.15. The summed E-state index contributed by atoms with van der Waals surface area (Å²) < 4.78 is 0. The summed E-state index contributed by atoms with van der Waals surface area (Å²) in [7, 11) is 0. The van der Waals surface area contributed by atoms with E-state index in [1.165, 1.54) is 24.1 Å². The summed E-state index contributed by atoms with van der Waals surface area (Å²) in [6, 6.07) is 6.88. The van der Waals surface area contributed by atoms with Gasteiger partial charge in [-0.1, -0.05) is 11.6 Å². The molecule has 4 heteroatoms. The summed E-state index contributed by atoms with van der Waals surface area (Å²) in [5, 5.41) is 14.6. The molecular weight excluding hydrogens is 284 g/mol. The topological polar surface area (TPSA) is 35.5 Å². The van der Waals surface area contributed by atoms with Crippen LogP contribution >= 0.6 is 11.6 Å². The van der Waals surface area contributed by atoms with Gasteiger partial charge < -0.3 is 15.3 Å². The summed E-state index contributed by atoms with van der Waals surface area (Å²) >= 11 is 6.18. The number of rotatable bonds is 4. The van der Waals surface area contributed by atoms with Gasteiger partial charge in [-0.2, -0.15) is 0 Å². The number of benzene rings is 1. The van der Waals surface area contributed by atoms with E-state index in [2.05, 4.69) is 22.3 Å². The van der Waals surface area contributed by atoms with Crippen LogP contribution in [0.5, 0.6) is 0 Å². The molecule has 1 atom stereocenters. The van der Waals surface area contributed by atoms with E-state index < -0.39 is 5.60 Å². The van der Waals surface area contributed by atoms with E-state index >= 15 is 0 Å². The van der Waals surface area contributed by atoms with Gasteiger partial charge in [0.1, 0.15) is 0 Å². The van der Waals surface area contributed by atoms with Crippen molar-refractivity contribution in [2.75, 3.05) is 18.0 Å². The third-order valence-electron chi connectivity index (χ3n) is 4.60. The fourth-order valence-corrected chi connectivity index (χ4v) is 3.24. The Bertz CT molecular complexity index is 500. The van der Waals surface area contributed by atoms with Crippen LogP contribution in [0.1, 0.15) is 44.6 Å². The van der Waals surface area contributed by atoms with Gasteiger partial charge in [0, 0.05) is 36.4 Å². The van der Waals surface area contributed by atoms with Gasteiger partial charge in [-0.25, -0.2) is 0 Å². The number of anilines is 1. The number of aliphatic hydroxyl groups is 1. The van der Waals surface area contributed by atoms with Crippen LogP contribution in [-0.4, -0.2) is 29.8 Å². The Kier molecular flexibility index (Phi) is 4.43. The van der Waals surface area contributed by atoms with Crippen molar-refractivity contribution in [3.63, 3.8) is 0 Å². The van der Waals surface area contributed by atoms with Crippen molar-refractivity contribution >= 4 is 17.3 Å². The van der Waals surface area contributed by atoms with Crippen LogP contribution in [0, 0.1) is 0 Å². The molecule has 0 amide bonds. The zero-order valence-corrected chi connectivity index (χ0v) is 13.5. The Labute approximate surface area is 132 Å². The number of hydrogen-bond acceptors (Lipinski definition) is 3. The SMILES string of the molecule is CC1(O)CCCN(c2ccc(Cl)cc2CNC2CC2)CC1. The van der Waals surface area contributed by atoms with E-state index in [1.54, 1.807) is 0 Å². The van der Waals surface area contributed by atoms with E-state index in [4.69, 9.17) is 11.6 Å². The molecule has 2 fully saturated rings. The first kappa shape index (κ1) is 15.1. The second-order valence-corrected chi connectivity index (χ2v) is 7.20. The summed E-state index contributed by atoms with van der Waals surface area (Å²) in [5.74, 6) is 0. The predicted octanol–water partition coefficient (Wildman–Crippen LogP) is 3.33. The maximum atomic E-state index is 10.3. The first-order valence-electron chi connectivity index (χ1n) is 8.03. The van der Waals surface area contributed by atoms with Crippen LogP contribution < -0.4 is 10.2 Å². The van der Waals surface area contributed by atoms with E-state index in [9.17, 15) is 5.11 Å². The lowest BCUT2D eigenvalue weighted by Crippen LogP contribution is -2.29. The fraction of sp³-hybridized carbons (Fsp3) is 0.647. The summed E-state index contributed by atoms with van der Waals surface area (Å²) in [5.41, 5.74) is 2.02. The van der Waals surface area contributed by atoms with Crippen LogP contribution in [-0.2, 0) is 6.54 Å². The van der Waals surface area contributed by atoms with Crippen LogP contribution in [0.2, 0.25) is 5.02 Å². The van der Waals surface area contributed by atoms with Gasteiger partial charge in [0.15, 0.2) is 0 Å². The highest BCUT2D eigenvalue weighted by Gasteiger charge is 2.26. The molecule has 116 valence electrons. The summed E-state index contributed by atoms with van der Waals surface area (Å²) in [6.45, 7) is 4.75. The van der Waals surface area contributed by atoms with E-state index in [0.717, 1.165) is 43.9 Å². The standard InChI is InChI=1S/C17H25ClN2O/c1-17(21)7-2-9-20(10-8-17)16-6-3-14(18)11-13(16)12-19-15-4-5-15/h3,6,11,15,19,21H,2,4-5,7-10,12H2,1H3. The smallest absolute Gasteiger partial charge is 0.0637 e. The minimum atomic E-state index is -0.520. The molecule has 1 aliphatic carbocycles. The molecule has 0 bridgehead atoms. The molecule has 3 nitrogen and oxygen atoms in total. The van der Waals surface area contributed by atoms with Crippen molar-refractivity contribution in [2.24, 2.45) is 0 Å². The summed E-state index contributed by atoms with van der Waals surface area (Å²) in [6.07, 6.45) is 5.33. The lowest BCUT2D eigenvalue weighted by molar-refractivity contribution is 0.0481. The molecule has 1 saturated carbocycles. The largest absolute Gasteiger partial charge is 0.390 e. The first-order chi connectivity index (χ1) is 10.0. The molecule has 1 aromatic rings. The van der Waals surface area contributed by atoms with Crippen molar-refractivity contribution in [2.45, 2.75) is 57.2 Å². The van der Waals surface area contributed by atoms with Gasteiger partial charge in [0.05, 0.1) is 5.60 Å². The molecule has 0 spiro atoms. The van der Waals surface area contributed by atoms with Crippen LogP contribution in [0.25, 0.3) is 0 Å². The van der Waals surface area contributed by atoms with Gasteiger partial charge in [-0.05, 0) is 62.8 Å². The average molecular weight is 309 g/mol. The fourth-order valence-electron chi connectivity index (χ4n) is 3.05. The van der Waals surface area contributed by atoms with Crippen molar-refractivity contribution in [1.29, 1.82) is 0 Å². The molecular formula is C17H25ClN2O. The van der Waals surface area contributed by atoms with Gasteiger partial charge in [0.25, 0.3) is 0 Å². The van der Waals surface area contributed by atoms with E-state index in [1.807, 2.05) is 13.0 Å². The molecule has 2 aliphatic rings. The molecule has 1 unspecified atom stereocenters. The summed E-state index contributed by atoms with van der Waals surface area (Å²) in [4.78, 5) is 2.40. The molecule has 1 aliphatic heterocycles. The van der Waals surface area contributed by atoms with Crippen molar-refractivity contribution < 1.29 is 5.11 Å². The quantitative estimate of drug-likeness (QED) is 0.895. The number of hydrogen-bond donors (Lipinski definition) is 2. The normalized spacial score (nSPS) is 26.7. The third kappa shape index (κ3) is 4.12. The minimum absolute atomic E-state index is 0.520. The van der Waals surface area contributed by atoms with Gasteiger partial charge in [-0.15, -0.1) is 0 Å². The molecule has 1 aromatic carbocycles. The molecule has 1 heterocycles. The van der Waals surface area contributed by atoms with Gasteiger partial charge in [-0.3, -0.25) is 0 Å². The first-order valence-corrected chi connectivity index (χ1v) is 8.40. The minimum Gasteiger partial charge on any atom is -0.390 e. The van der Waals surface area contributed by atoms with Gasteiger partial charge >= 0.3 is 0 Å². The van der Waals surface area contributed by atoms with Gasteiger partial charge in [0.2, 0.25) is 0 Å². The van der Waals surface area contributed by atoms with Crippen LogP contribution in [0.4, 0.5) is 5.69 Å². The lowest BCUT2D eigenvalue weighted by Gasteiger charge is -2.27.